The van der Waals surface area contributed by atoms with Crippen LogP contribution in [0.4, 0.5) is 10.5 Å². The Balaban J connectivity index is 1.63. The minimum atomic E-state index is -0.517. The number of urea groups is 1. The van der Waals surface area contributed by atoms with Gasteiger partial charge < -0.3 is 14.6 Å². The van der Waals surface area contributed by atoms with Crippen LogP contribution in [0.2, 0.25) is 5.02 Å². The van der Waals surface area contributed by atoms with E-state index in [4.69, 9.17) is 16.3 Å². The Bertz CT molecular complexity index is 1270. The summed E-state index contributed by atoms with van der Waals surface area (Å²) in [7, 11) is 0. The van der Waals surface area contributed by atoms with E-state index in [0.717, 1.165) is 27.5 Å². The van der Waals surface area contributed by atoms with Crippen molar-refractivity contribution >= 4 is 41.3 Å². The van der Waals surface area contributed by atoms with E-state index in [1.165, 1.54) is 0 Å². The lowest BCUT2D eigenvalue weighted by atomic mass is 10.2. The Morgan fingerprint density at radius 2 is 1.67 bits per heavy atom. The second-order valence-electron chi connectivity index (χ2n) is 7.53. The Kier molecular flexibility index (Phi) is 6.07. The van der Waals surface area contributed by atoms with E-state index in [2.05, 4.69) is 5.32 Å². The molecule has 0 saturated carbocycles. The first kappa shape index (κ1) is 22.4. The molecule has 2 heterocycles. The van der Waals surface area contributed by atoms with E-state index in [1.807, 2.05) is 36.6 Å². The molecule has 4 rings (SSSR count). The molecule has 1 aliphatic heterocycles. The van der Waals surface area contributed by atoms with Gasteiger partial charge in [-0.1, -0.05) is 11.6 Å². The molecular weight excluding hydrogens is 442 g/mol. The summed E-state index contributed by atoms with van der Waals surface area (Å²) in [6.07, 6.45) is 1.67. The summed E-state index contributed by atoms with van der Waals surface area (Å²) in [6, 6.07) is 15.0. The molecule has 0 unspecified atom stereocenters. The number of carbonyl (C=O) groups is 3. The van der Waals surface area contributed by atoms with Gasteiger partial charge in [-0.2, -0.15) is 0 Å². The number of ether oxygens (including phenoxy) is 1. The number of aromatic nitrogens is 1. The lowest BCUT2D eigenvalue weighted by molar-refractivity contribution is -0.113. The molecule has 2 aromatic carbocycles. The van der Waals surface area contributed by atoms with Gasteiger partial charge in [0.15, 0.2) is 0 Å². The van der Waals surface area contributed by atoms with Crippen molar-refractivity contribution in [3.8, 4) is 5.69 Å². The van der Waals surface area contributed by atoms with E-state index in [0.29, 0.717) is 22.9 Å². The molecule has 1 N–H and O–H groups in total. The van der Waals surface area contributed by atoms with Gasteiger partial charge >= 0.3 is 12.0 Å². The number of halogens is 1. The smallest absolute Gasteiger partial charge is 0.338 e. The van der Waals surface area contributed by atoms with Crippen LogP contribution in [0.25, 0.3) is 11.8 Å². The molecule has 0 radical (unpaired) electrons. The highest BCUT2D eigenvalue weighted by Gasteiger charge is 2.35. The van der Waals surface area contributed by atoms with Crippen molar-refractivity contribution in [2.45, 2.75) is 20.8 Å². The molecule has 3 amide bonds. The van der Waals surface area contributed by atoms with Crippen molar-refractivity contribution in [2.75, 3.05) is 11.5 Å². The van der Waals surface area contributed by atoms with Gasteiger partial charge in [0, 0.05) is 22.1 Å². The number of nitrogens with one attached hydrogen (secondary N) is 1. The number of imide groups is 1. The van der Waals surface area contributed by atoms with Crippen LogP contribution in [0.3, 0.4) is 0 Å². The Morgan fingerprint density at radius 3 is 2.30 bits per heavy atom. The number of aryl methyl sites for hydroxylation is 1. The number of rotatable bonds is 5. The van der Waals surface area contributed by atoms with Crippen molar-refractivity contribution in [3.63, 3.8) is 0 Å². The van der Waals surface area contributed by atoms with E-state index in [1.54, 1.807) is 49.4 Å². The monoisotopic (exact) mass is 463 g/mol. The van der Waals surface area contributed by atoms with Crippen LogP contribution in [-0.2, 0) is 9.53 Å². The van der Waals surface area contributed by atoms with Crippen LogP contribution >= 0.6 is 11.6 Å². The molecule has 0 aliphatic carbocycles. The van der Waals surface area contributed by atoms with Gasteiger partial charge in [-0.25, -0.2) is 14.5 Å². The standard InChI is InChI=1S/C25H22ClN3O4/c1-4-33-24(31)17-5-9-20(10-6-17)28-15(2)13-18(16(28)3)14-22-23(30)29(25(32)27-22)21-11-7-19(26)8-12-21/h5-14H,4H2,1-3H3,(H,27,32)/b22-14+. The van der Waals surface area contributed by atoms with Crippen molar-refractivity contribution < 1.29 is 19.1 Å². The maximum atomic E-state index is 12.9. The first-order valence-corrected chi connectivity index (χ1v) is 10.8. The predicted molar refractivity (Wildman–Crippen MR) is 127 cm³/mol. The topological polar surface area (TPSA) is 80.6 Å². The van der Waals surface area contributed by atoms with Gasteiger partial charge in [0.05, 0.1) is 17.9 Å². The largest absolute Gasteiger partial charge is 0.462 e. The highest BCUT2D eigenvalue weighted by Crippen LogP contribution is 2.27. The SMILES string of the molecule is CCOC(=O)c1ccc(-n2c(C)cc(/C=C3/NC(=O)N(c4ccc(Cl)cc4)C3=O)c2C)cc1. The highest BCUT2D eigenvalue weighted by atomic mass is 35.5. The van der Waals surface area contributed by atoms with Crippen LogP contribution in [-0.4, -0.2) is 29.1 Å². The Morgan fingerprint density at radius 1 is 1.03 bits per heavy atom. The number of anilines is 1. The maximum absolute atomic E-state index is 12.9. The van der Waals surface area contributed by atoms with Crippen LogP contribution in [0.15, 0.2) is 60.3 Å². The van der Waals surface area contributed by atoms with Crippen molar-refractivity contribution in [2.24, 2.45) is 0 Å². The summed E-state index contributed by atoms with van der Waals surface area (Å²) in [6.45, 7) is 5.96. The first-order valence-electron chi connectivity index (χ1n) is 10.4. The first-order chi connectivity index (χ1) is 15.8. The average Bonchev–Trinajstić information content (AvgIpc) is 3.23. The van der Waals surface area contributed by atoms with Gasteiger partial charge in [0.25, 0.3) is 5.91 Å². The molecule has 1 aliphatic rings. The summed E-state index contributed by atoms with van der Waals surface area (Å²) in [5, 5.41) is 3.17. The van der Waals surface area contributed by atoms with Crippen LogP contribution in [0.5, 0.6) is 0 Å². The van der Waals surface area contributed by atoms with Gasteiger partial charge in [-0.05, 0) is 87.0 Å². The van der Waals surface area contributed by atoms with E-state index >= 15 is 0 Å². The zero-order chi connectivity index (χ0) is 23.7. The maximum Gasteiger partial charge on any atom is 0.338 e. The molecule has 0 spiro atoms. The third-order valence-corrected chi connectivity index (χ3v) is 5.62. The number of carbonyl (C=O) groups excluding carboxylic acids is 3. The zero-order valence-corrected chi connectivity index (χ0v) is 19.1. The molecule has 7 nitrogen and oxygen atoms in total. The number of hydrogen-bond acceptors (Lipinski definition) is 4. The summed E-state index contributed by atoms with van der Waals surface area (Å²) in [5.41, 5.74) is 4.60. The molecular formula is C25H22ClN3O4. The molecule has 1 fully saturated rings. The lowest BCUT2D eigenvalue weighted by Crippen LogP contribution is -2.30. The summed E-state index contributed by atoms with van der Waals surface area (Å²) < 4.78 is 7.05. The summed E-state index contributed by atoms with van der Waals surface area (Å²) >= 11 is 5.91. The highest BCUT2D eigenvalue weighted by molar-refractivity contribution is 6.31. The number of hydrogen-bond donors (Lipinski definition) is 1. The number of amides is 3. The van der Waals surface area contributed by atoms with Crippen LogP contribution in [0, 0.1) is 13.8 Å². The Hall–Kier alpha value is -3.84. The van der Waals surface area contributed by atoms with Crippen LogP contribution in [0.1, 0.15) is 34.2 Å². The zero-order valence-electron chi connectivity index (χ0n) is 18.4. The summed E-state index contributed by atoms with van der Waals surface area (Å²) in [5.74, 6) is -0.804. The normalized spacial score (nSPS) is 14.7. The molecule has 1 aromatic heterocycles. The molecule has 1 saturated heterocycles. The van der Waals surface area contributed by atoms with Gasteiger partial charge in [-0.15, -0.1) is 0 Å². The lowest BCUT2D eigenvalue weighted by Gasteiger charge is -2.11. The molecule has 0 atom stereocenters. The Labute approximate surface area is 196 Å². The van der Waals surface area contributed by atoms with Gasteiger partial charge in [0.2, 0.25) is 0 Å². The minimum absolute atomic E-state index is 0.188. The second-order valence-corrected chi connectivity index (χ2v) is 7.97. The average molecular weight is 464 g/mol. The van der Waals surface area contributed by atoms with Gasteiger partial charge in [-0.3, -0.25) is 4.79 Å². The van der Waals surface area contributed by atoms with Crippen molar-refractivity contribution in [1.29, 1.82) is 0 Å². The van der Waals surface area contributed by atoms with E-state index in [-0.39, 0.29) is 11.7 Å². The third-order valence-electron chi connectivity index (χ3n) is 5.37. The number of nitrogens with zero attached hydrogens (tertiary/aromatic N) is 2. The number of esters is 1. The van der Waals surface area contributed by atoms with E-state index < -0.39 is 11.9 Å². The van der Waals surface area contributed by atoms with Crippen molar-refractivity contribution in [3.05, 3.63) is 87.8 Å². The predicted octanol–water partition coefficient (Wildman–Crippen LogP) is 5.02. The van der Waals surface area contributed by atoms with Crippen molar-refractivity contribution in [1.82, 2.24) is 9.88 Å². The molecule has 0 bridgehead atoms. The van der Waals surface area contributed by atoms with Crippen LogP contribution < -0.4 is 10.2 Å². The quantitative estimate of drug-likeness (QED) is 0.327. The third kappa shape index (κ3) is 4.27. The molecule has 3 aromatic rings. The van der Waals surface area contributed by atoms with Gasteiger partial charge in [0.1, 0.15) is 5.70 Å². The number of benzene rings is 2. The molecule has 168 valence electrons. The van der Waals surface area contributed by atoms with E-state index in [9.17, 15) is 14.4 Å². The molecule has 8 heteroatoms. The fourth-order valence-electron chi connectivity index (χ4n) is 3.81. The fourth-order valence-corrected chi connectivity index (χ4v) is 3.93. The molecule has 33 heavy (non-hydrogen) atoms. The fraction of sp³-hybridized carbons (Fsp3) is 0.160. The second kappa shape index (κ2) is 8.96. The summed E-state index contributed by atoms with van der Waals surface area (Å²) in [4.78, 5) is 38.4. The minimum Gasteiger partial charge on any atom is -0.462 e.